The summed E-state index contributed by atoms with van der Waals surface area (Å²) in [5.41, 5.74) is 8.33. The first-order valence-electron chi connectivity index (χ1n) is 6.72. The van der Waals surface area contributed by atoms with Crippen molar-refractivity contribution in [2.45, 2.75) is 45.8 Å². The molecule has 2 rings (SSSR count). The molecule has 2 nitrogen and oxygen atoms in total. The molecule has 1 aliphatic heterocycles. The van der Waals surface area contributed by atoms with Crippen molar-refractivity contribution in [3.8, 4) is 0 Å². The zero-order valence-electron chi connectivity index (χ0n) is 11.0. The molecule has 94 valence electrons. The topological polar surface area (TPSA) is 29.3 Å². The van der Waals surface area contributed by atoms with Crippen molar-refractivity contribution in [1.29, 1.82) is 0 Å². The van der Waals surface area contributed by atoms with Gasteiger partial charge < -0.3 is 5.73 Å². The van der Waals surface area contributed by atoms with E-state index >= 15 is 0 Å². The zero-order chi connectivity index (χ0) is 12.3. The predicted molar refractivity (Wildman–Crippen MR) is 72.6 cm³/mol. The highest BCUT2D eigenvalue weighted by molar-refractivity contribution is 5.23. The molecule has 0 amide bonds. The summed E-state index contributed by atoms with van der Waals surface area (Å²) in [7, 11) is 0. The SMILES string of the molecule is CC(C)C1CCCN1Cc1cccc(CN)c1. The first kappa shape index (κ1) is 12.6. The Morgan fingerprint density at radius 3 is 2.82 bits per heavy atom. The Balaban J connectivity index is 2.04. The number of hydrogen-bond donors (Lipinski definition) is 1. The number of rotatable bonds is 4. The highest BCUT2D eigenvalue weighted by Gasteiger charge is 2.26. The number of nitrogens with two attached hydrogens (primary N) is 1. The summed E-state index contributed by atoms with van der Waals surface area (Å²) in [6.07, 6.45) is 2.70. The van der Waals surface area contributed by atoms with Gasteiger partial charge in [-0.3, -0.25) is 4.90 Å². The van der Waals surface area contributed by atoms with Crippen LogP contribution in [0.4, 0.5) is 0 Å². The van der Waals surface area contributed by atoms with E-state index in [0.717, 1.165) is 18.5 Å². The number of hydrogen-bond acceptors (Lipinski definition) is 2. The molecule has 1 heterocycles. The maximum Gasteiger partial charge on any atom is 0.0236 e. The fraction of sp³-hybridized carbons (Fsp3) is 0.600. The molecule has 1 aromatic carbocycles. The lowest BCUT2D eigenvalue weighted by Gasteiger charge is -2.27. The fourth-order valence-corrected chi connectivity index (χ4v) is 2.89. The summed E-state index contributed by atoms with van der Waals surface area (Å²) in [4.78, 5) is 2.63. The van der Waals surface area contributed by atoms with Crippen LogP contribution in [0.1, 0.15) is 37.8 Å². The van der Waals surface area contributed by atoms with Gasteiger partial charge in [-0.05, 0) is 36.4 Å². The van der Waals surface area contributed by atoms with Gasteiger partial charge in [0.2, 0.25) is 0 Å². The van der Waals surface area contributed by atoms with Gasteiger partial charge in [0.1, 0.15) is 0 Å². The van der Waals surface area contributed by atoms with Gasteiger partial charge in [-0.2, -0.15) is 0 Å². The molecule has 0 bridgehead atoms. The maximum atomic E-state index is 5.69. The van der Waals surface area contributed by atoms with Crippen LogP contribution in [0, 0.1) is 5.92 Å². The van der Waals surface area contributed by atoms with Gasteiger partial charge in [0.25, 0.3) is 0 Å². The summed E-state index contributed by atoms with van der Waals surface area (Å²) < 4.78 is 0. The molecule has 1 aromatic rings. The van der Waals surface area contributed by atoms with Crippen molar-refractivity contribution >= 4 is 0 Å². The fourth-order valence-electron chi connectivity index (χ4n) is 2.89. The summed E-state index contributed by atoms with van der Waals surface area (Å²) >= 11 is 0. The molecular formula is C15H24N2. The van der Waals surface area contributed by atoms with E-state index in [1.807, 2.05) is 0 Å². The van der Waals surface area contributed by atoms with Crippen molar-refractivity contribution in [2.24, 2.45) is 11.7 Å². The van der Waals surface area contributed by atoms with Gasteiger partial charge in [-0.1, -0.05) is 38.1 Å². The molecule has 0 spiro atoms. The second-order valence-corrected chi connectivity index (χ2v) is 5.45. The van der Waals surface area contributed by atoms with Crippen LogP contribution in [0.5, 0.6) is 0 Å². The molecule has 0 aromatic heterocycles. The van der Waals surface area contributed by atoms with Crippen molar-refractivity contribution in [2.75, 3.05) is 6.54 Å². The van der Waals surface area contributed by atoms with Crippen molar-refractivity contribution < 1.29 is 0 Å². The lowest BCUT2D eigenvalue weighted by atomic mass is 10.0. The third kappa shape index (κ3) is 3.08. The predicted octanol–water partition coefficient (Wildman–Crippen LogP) is 2.77. The van der Waals surface area contributed by atoms with Gasteiger partial charge in [0.15, 0.2) is 0 Å². The standard InChI is InChI=1S/C15H24N2/c1-12(2)15-7-4-8-17(15)11-14-6-3-5-13(9-14)10-16/h3,5-6,9,12,15H,4,7-8,10-11,16H2,1-2H3. The van der Waals surface area contributed by atoms with E-state index in [-0.39, 0.29) is 0 Å². The van der Waals surface area contributed by atoms with Crippen LogP contribution in [-0.4, -0.2) is 17.5 Å². The normalized spacial score (nSPS) is 21.3. The van der Waals surface area contributed by atoms with E-state index in [1.54, 1.807) is 0 Å². The first-order chi connectivity index (χ1) is 8.20. The average molecular weight is 232 g/mol. The van der Waals surface area contributed by atoms with Crippen molar-refractivity contribution in [1.82, 2.24) is 4.90 Å². The summed E-state index contributed by atoms with van der Waals surface area (Å²) in [5, 5.41) is 0. The van der Waals surface area contributed by atoms with Crippen LogP contribution >= 0.6 is 0 Å². The molecule has 1 saturated heterocycles. The molecule has 2 N–H and O–H groups in total. The smallest absolute Gasteiger partial charge is 0.0236 e. The average Bonchev–Trinajstić information content (AvgIpc) is 2.77. The molecule has 1 aliphatic rings. The van der Waals surface area contributed by atoms with Gasteiger partial charge in [0, 0.05) is 19.1 Å². The Hall–Kier alpha value is -0.860. The molecule has 1 atom stereocenters. The number of likely N-dealkylation sites (tertiary alicyclic amines) is 1. The lowest BCUT2D eigenvalue weighted by Crippen LogP contribution is -2.32. The van der Waals surface area contributed by atoms with Crippen molar-refractivity contribution in [3.05, 3.63) is 35.4 Å². The monoisotopic (exact) mass is 232 g/mol. The zero-order valence-corrected chi connectivity index (χ0v) is 11.0. The molecule has 1 unspecified atom stereocenters. The second kappa shape index (κ2) is 5.65. The van der Waals surface area contributed by atoms with Gasteiger partial charge in [0.05, 0.1) is 0 Å². The van der Waals surface area contributed by atoms with Crippen LogP contribution in [0.2, 0.25) is 0 Å². The summed E-state index contributed by atoms with van der Waals surface area (Å²) in [6.45, 7) is 7.63. The van der Waals surface area contributed by atoms with Gasteiger partial charge in [-0.15, -0.1) is 0 Å². The quantitative estimate of drug-likeness (QED) is 0.865. The van der Waals surface area contributed by atoms with Crippen LogP contribution in [0.25, 0.3) is 0 Å². The summed E-state index contributed by atoms with van der Waals surface area (Å²) in [5.74, 6) is 0.759. The Bertz CT molecular complexity index is 360. The lowest BCUT2D eigenvalue weighted by molar-refractivity contribution is 0.199. The Labute approximate surface area is 105 Å². The first-order valence-corrected chi connectivity index (χ1v) is 6.72. The second-order valence-electron chi connectivity index (χ2n) is 5.45. The highest BCUT2D eigenvalue weighted by Crippen LogP contribution is 2.25. The Kier molecular flexibility index (Phi) is 4.19. The molecule has 2 heteroatoms. The van der Waals surface area contributed by atoms with Crippen LogP contribution in [-0.2, 0) is 13.1 Å². The van der Waals surface area contributed by atoms with Gasteiger partial charge >= 0.3 is 0 Å². The van der Waals surface area contributed by atoms with E-state index in [9.17, 15) is 0 Å². The largest absolute Gasteiger partial charge is 0.326 e. The molecule has 0 saturated carbocycles. The maximum absolute atomic E-state index is 5.69. The van der Waals surface area contributed by atoms with E-state index < -0.39 is 0 Å². The Morgan fingerprint density at radius 2 is 2.12 bits per heavy atom. The van der Waals surface area contributed by atoms with Gasteiger partial charge in [-0.25, -0.2) is 0 Å². The minimum absolute atomic E-state index is 0.640. The minimum Gasteiger partial charge on any atom is -0.326 e. The van der Waals surface area contributed by atoms with Crippen LogP contribution < -0.4 is 5.73 Å². The molecule has 0 aliphatic carbocycles. The third-order valence-electron chi connectivity index (χ3n) is 3.80. The van der Waals surface area contributed by atoms with E-state index in [0.29, 0.717) is 6.54 Å². The van der Waals surface area contributed by atoms with Crippen LogP contribution in [0.15, 0.2) is 24.3 Å². The molecular weight excluding hydrogens is 208 g/mol. The Morgan fingerprint density at radius 1 is 1.35 bits per heavy atom. The molecule has 0 radical (unpaired) electrons. The van der Waals surface area contributed by atoms with E-state index in [4.69, 9.17) is 5.73 Å². The highest BCUT2D eigenvalue weighted by atomic mass is 15.2. The minimum atomic E-state index is 0.640. The number of nitrogens with zero attached hydrogens (tertiary/aromatic N) is 1. The third-order valence-corrected chi connectivity index (χ3v) is 3.80. The van der Waals surface area contributed by atoms with Crippen LogP contribution in [0.3, 0.4) is 0 Å². The number of benzene rings is 1. The summed E-state index contributed by atoms with van der Waals surface area (Å²) in [6, 6.07) is 9.45. The van der Waals surface area contributed by atoms with E-state index in [2.05, 4.69) is 43.0 Å². The van der Waals surface area contributed by atoms with Crippen molar-refractivity contribution in [3.63, 3.8) is 0 Å². The molecule has 17 heavy (non-hydrogen) atoms. The molecule has 1 fully saturated rings. The van der Waals surface area contributed by atoms with E-state index in [1.165, 1.54) is 30.5 Å².